The van der Waals surface area contributed by atoms with Gasteiger partial charge in [0.15, 0.2) is 0 Å². The van der Waals surface area contributed by atoms with Gasteiger partial charge in [0.1, 0.15) is 0 Å². The Balaban J connectivity index is 2.33. The standard InChI is InChI=1S/C15H17NO5/c1-20-15(19)13(10-14(17)18)11-3-2-4-12(9-11)16-5-7-21-8-6-16/h2-4,9-10H,5-8H2,1H3,(H,17,18)/b13-10+. The third-order valence-corrected chi connectivity index (χ3v) is 3.21. The van der Waals surface area contributed by atoms with Gasteiger partial charge in [0.05, 0.1) is 25.9 Å². The number of hydrogen-bond acceptors (Lipinski definition) is 5. The molecule has 1 heterocycles. The molecule has 1 saturated heterocycles. The molecule has 21 heavy (non-hydrogen) atoms. The zero-order chi connectivity index (χ0) is 15.2. The summed E-state index contributed by atoms with van der Waals surface area (Å²) in [4.78, 5) is 24.8. The normalized spacial score (nSPS) is 15.7. The van der Waals surface area contributed by atoms with E-state index in [4.69, 9.17) is 9.84 Å². The molecule has 1 N–H and O–H groups in total. The van der Waals surface area contributed by atoms with Crippen molar-refractivity contribution in [2.45, 2.75) is 0 Å². The SMILES string of the molecule is COC(=O)/C(=C/C(=O)O)c1cccc(N2CCOCC2)c1. The number of carboxylic acids is 1. The number of methoxy groups -OCH3 is 1. The number of hydrogen-bond donors (Lipinski definition) is 1. The van der Waals surface area contributed by atoms with Gasteiger partial charge in [-0.1, -0.05) is 12.1 Å². The summed E-state index contributed by atoms with van der Waals surface area (Å²) >= 11 is 0. The molecule has 0 aromatic heterocycles. The lowest BCUT2D eigenvalue weighted by Gasteiger charge is -2.29. The maximum absolute atomic E-state index is 11.7. The van der Waals surface area contributed by atoms with Crippen LogP contribution in [0.25, 0.3) is 5.57 Å². The van der Waals surface area contributed by atoms with Crippen LogP contribution in [0.5, 0.6) is 0 Å². The predicted octanol–water partition coefficient (Wildman–Crippen LogP) is 1.16. The van der Waals surface area contributed by atoms with Gasteiger partial charge in [-0.25, -0.2) is 9.59 Å². The first-order valence-electron chi connectivity index (χ1n) is 6.58. The average molecular weight is 291 g/mol. The van der Waals surface area contributed by atoms with Crippen LogP contribution in [0.1, 0.15) is 5.56 Å². The van der Waals surface area contributed by atoms with Crippen LogP contribution in [0.3, 0.4) is 0 Å². The number of nitrogens with zero attached hydrogens (tertiary/aromatic N) is 1. The first-order valence-corrected chi connectivity index (χ1v) is 6.58. The Kier molecular flexibility index (Phi) is 4.94. The number of esters is 1. The fraction of sp³-hybridized carbons (Fsp3) is 0.333. The highest BCUT2D eigenvalue weighted by atomic mass is 16.5. The number of carboxylic acid groups (broad SMARTS) is 1. The summed E-state index contributed by atoms with van der Waals surface area (Å²) in [6, 6.07) is 7.19. The Bertz CT molecular complexity index is 561. The van der Waals surface area contributed by atoms with Crippen LogP contribution < -0.4 is 4.90 Å². The molecular formula is C15H17NO5. The van der Waals surface area contributed by atoms with E-state index in [1.807, 2.05) is 6.07 Å². The maximum atomic E-state index is 11.7. The van der Waals surface area contributed by atoms with E-state index in [0.717, 1.165) is 24.9 Å². The monoisotopic (exact) mass is 291 g/mol. The summed E-state index contributed by atoms with van der Waals surface area (Å²) in [5, 5.41) is 8.90. The van der Waals surface area contributed by atoms with Gasteiger partial charge in [0.25, 0.3) is 0 Å². The molecule has 0 radical (unpaired) electrons. The van der Waals surface area contributed by atoms with Crippen molar-refractivity contribution < 1.29 is 24.2 Å². The van der Waals surface area contributed by atoms with Gasteiger partial charge in [-0.15, -0.1) is 0 Å². The molecule has 0 atom stereocenters. The Morgan fingerprint density at radius 2 is 2.05 bits per heavy atom. The lowest BCUT2D eigenvalue weighted by atomic mass is 10.0. The minimum absolute atomic E-state index is 0.0279. The van der Waals surface area contributed by atoms with Gasteiger partial charge in [-0.05, 0) is 17.7 Å². The van der Waals surface area contributed by atoms with Crippen molar-refractivity contribution in [3.8, 4) is 0 Å². The Morgan fingerprint density at radius 1 is 1.33 bits per heavy atom. The van der Waals surface area contributed by atoms with E-state index in [0.29, 0.717) is 18.8 Å². The molecule has 0 spiro atoms. The van der Waals surface area contributed by atoms with Gasteiger partial charge in [0, 0.05) is 24.9 Å². The number of carbonyl (C=O) groups excluding carboxylic acids is 1. The highest BCUT2D eigenvalue weighted by molar-refractivity contribution is 6.20. The van der Waals surface area contributed by atoms with Crippen LogP contribution >= 0.6 is 0 Å². The number of morpholine rings is 1. The largest absolute Gasteiger partial charge is 0.478 e. The van der Waals surface area contributed by atoms with Crippen molar-refractivity contribution in [1.82, 2.24) is 0 Å². The molecule has 1 aromatic carbocycles. The van der Waals surface area contributed by atoms with Crippen molar-refractivity contribution in [3.63, 3.8) is 0 Å². The van der Waals surface area contributed by atoms with Crippen molar-refractivity contribution in [3.05, 3.63) is 35.9 Å². The number of anilines is 1. The topological polar surface area (TPSA) is 76.1 Å². The summed E-state index contributed by atoms with van der Waals surface area (Å²) < 4.78 is 9.95. The van der Waals surface area contributed by atoms with Crippen molar-refractivity contribution >= 4 is 23.2 Å². The molecule has 0 saturated carbocycles. The van der Waals surface area contributed by atoms with Gasteiger partial charge < -0.3 is 19.5 Å². The lowest BCUT2D eigenvalue weighted by molar-refractivity contribution is -0.135. The molecule has 6 nitrogen and oxygen atoms in total. The van der Waals surface area contributed by atoms with Crippen LogP contribution in [-0.2, 0) is 19.1 Å². The number of carbonyl (C=O) groups is 2. The van der Waals surface area contributed by atoms with Gasteiger partial charge in [-0.3, -0.25) is 0 Å². The fourth-order valence-electron chi connectivity index (χ4n) is 2.19. The number of rotatable bonds is 4. The van der Waals surface area contributed by atoms with Crippen molar-refractivity contribution in [1.29, 1.82) is 0 Å². The Labute approximate surface area is 122 Å². The molecule has 0 unspecified atom stereocenters. The van der Waals surface area contributed by atoms with E-state index in [2.05, 4.69) is 9.64 Å². The lowest BCUT2D eigenvalue weighted by Crippen LogP contribution is -2.36. The van der Waals surface area contributed by atoms with Crippen LogP contribution in [0.15, 0.2) is 30.3 Å². The van der Waals surface area contributed by atoms with Gasteiger partial charge >= 0.3 is 11.9 Å². The van der Waals surface area contributed by atoms with Gasteiger partial charge in [-0.2, -0.15) is 0 Å². The van der Waals surface area contributed by atoms with E-state index in [-0.39, 0.29) is 5.57 Å². The molecule has 6 heteroatoms. The first-order chi connectivity index (χ1) is 10.1. The van der Waals surface area contributed by atoms with E-state index in [9.17, 15) is 9.59 Å². The molecule has 1 aromatic rings. The quantitative estimate of drug-likeness (QED) is 0.663. The molecule has 0 aliphatic carbocycles. The molecule has 0 amide bonds. The van der Waals surface area contributed by atoms with E-state index in [1.165, 1.54) is 7.11 Å². The second-order valence-electron chi connectivity index (χ2n) is 4.54. The van der Waals surface area contributed by atoms with Crippen LogP contribution in [0.4, 0.5) is 5.69 Å². The number of benzene rings is 1. The Morgan fingerprint density at radius 3 is 2.67 bits per heavy atom. The molecule has 112 valence electrons. The predicted molar refractivity (Wildman–Crippen MR) is 77.1 cm³/mol. The zero-order valence-corrected chi connectivity index (χ0v) is 11.7. The molecule has 1 aliphatic heterocycles. The molecule has 0 bridgehead atoms. The second kappa shape index (κ2) is 6.90. The summed E-state index contributed by atoms with van der Waals surface area (Å²) in [5.74, 6) is -1.86. The highest BCUT2D eigenvalue weighted by Crippen LogP contribution is 2.23. The first kappa shape index (κ1) is 15.1. The molecular weight excluding hydrogens is 274 g/mol. The number of ether oxygens (including phenoxy) is 2. The smallest absolute Gasteiger partial charge is 0.338 e. The zero-order valence-electron chi connectivity index (χ0n) is 11.7. The minimum Gasteiger partial charge on any atom is -0.478 e. The van der Waals surface area contributed by atoms with Crippen molar-refractivity contribution in [2.24, 2.45) is 0 Å². The Hall–Kier alpha value is -2.34. The third-order valence-electron chi connectivity index (χ3n) is 3.21. The van der Waals surface area contributed by atoms with Crippen LogP contribution in [0.2, 0.25) is 0 Å². The van der Waals surface area contributed by atoms with Crippen molar-refractivity contribution in [2.75, 3.05) is 38.3 Å². The van der Waals surface area contributed by atoms with Gasteiger partial charge in [0.2, 0.25) is 0 Å². The van der Waals surface area contributed by atoms with E-state index >= 15 is 0 Å². The summed E-state index contributed by atoms with van der Waals surface area (Å²) in [5.41, 5.74) is 1.48. The third kappa shape index (κ3) is 3.82. The molecule has 2 rings (SSSR count). The fourth-order valence-corrected chi connectivity index (χ4v) is 2.19. The van der Waals surface area contributed by atoms with E-state index in [1.54, 1.807) is 18.2 Å². The van der Waals surface area contributed by atoms with E-state index < -0.39 is 11.9 Å². The van der Waals surface area contributed by atoms with Crippen LogP contribution in [0, 0.1) is 0 Å². The average Bonchev–Trinajstić information content (AvgIpc) is 2.52. The maximum Gasteiger partial charge on any atom is 0.338 e. The summed E-state index contributed by atoms with van der Waals surface area (Å²) in [6.45, 7) is 2.83. The minimum atomic E-state index is -1.19. The summed E-state index contributed by atoms with van der Waals surface area (Å²) in [7, 11) is 1.23. The number of aliphatic carboxylic acids is 1. The summed E-state index contributed by atoms with van der Waals surface area (Å²) in [6.07, 6.45) is 0.865. The molecule has 1 aliphatic rings. The second-order valence-corrected chi connectivity index (χ2v) is 4.54. The molecule has 1 fully saturated rings. The van der Waals surface area contributed by atoms with Crippen LogP contribution in [-0.4, -0.2) is 50.5 Å². The highest BCUT2D eigenvalue weighted by Gasteiger charge is 2.17.